The highest BCUT2D eigenvalue weighted by Crippen LogP contribution is 1.67. The fourth-order valence-electron chi connectivity index (χ4n) is 0.0645. The van der Waals surface area contributed by atoms with Crippen molar-refractivity contribution in [3.63, 3.8) is 0 Å². The molecule has 4 heteroatoms. The Morgan fingerprint density at radius 1 is 1.71 bits per heavy atom. The van der Waals surface area contributed by atoms with Crippen LogP contribution in [0.3, 0.4) is 0 Å². The molecule has 0 amide bonds. The van der Waals surface area contributed by atoms with Crippen molar-refractivity contribution >= 4 is 11.7 Å². The van der Waals surface area contributed by atoms with Crippen LogP contribution >= 0.6 is 0 Å². The molecule has 0 aromatic carbocycles. The molecule has 0 aliphatic rings. The number of rotatable bonds is 2. The zero-order valence-electron chi connectivity index (χ0n) is 3.47. The Morgan fingerprint density at radius 2 is 2.14 bits per heavy atom. The van der Waals surface area contributed by atoms with E-state index in [-0.39, 0.29) is 0 Å². The summed E-state index contributed by atoms with van der Waals surface area (Å²) in [4.78, 5) is 9.43. The summed E-state index contributed by atoms with van der Waals surface area (Å²) < 4.78 is 0. The smallest absolute Gasteiger partial charge is 0.390 e. The van der Waals surface area contributed by atoms with E-state index >= 15 is 0 Å². The van der Waals surface area contributed by atoms with E-state index in [1.807, 2.05) is 0 Å². The molecule has 0 heterocycles. The summed E-state index contributed by atoms with van der Waals surface area (Å²) in [5.41, 5.74) is -0.792. The highest BCUT2D eigenvalue weighted by molar-refractivity contribution is 6.34. The van der Waals surface area contributed by atoms with Crippen molar-refractivity contribution in [2.45, 2.75) is 0 Å². The fourth-order valence-corrected chi connectivity index (χ4v) is 0.0645. The minimum atomic E-state index is -1.62. The lowest BCUT2D eigenvalue weighted by Crippen LogP contribution is -2.13. The first-order valence-electron chi connectivity index (χ1n) is 1.58. The third kappa shape index (κ3) is 1.88. The van der Waals surface area contributed by atoms with Crippen LogP contribution in [-0.2, 0) is 9.90 Å². The molecule has 0 saturated carbocycles. The molecule has 0 aliphatic heterocycles. The van der Waals surface area contributed by atoms with E-state index in [4.69, 9.17) is 10.5 Å². The van der Waals surface area contributed by atoms with E-state index in [2.05, 4.69) is 0 Å². The lowest BCUT2D eigenvalue weighted by Gasteiger charge is -1.81. The van der Waals surface area contributed by atoms with Crippen molar-refractivity contribution in [3.05, 3.63) is 0 Å². The summed E-state index contributed by atoms with van der Waals surface area (Å²) in [7, 11) is 0. The Kier molecular flexibility index (Phi) is 2.01. The highest BCUT2D eigenvalue weighted by Gasteiger charge is 2.04. The second-order valence-corrected chi connectivity index (χ2v) is 0.924. The van der Waals surface area contributed by atoms with Gasteiger partial charge in [-0.15, -0.1) is 0 Å². The predicted octanol–water partition coefficient (Wildman–Crippen LogP) is -1.04. The molecular formula is C3H4NO3. The summed E-state index contributed by atoms with van der Waals surface area (Å²) in [6, 6.07) is 0. The molecule has 0 fully saturated rings. The lowest BCUT2D eigenvalue weighted by molar-refractivity contribution is -0.135. The summed E-state index contributed by atoms with van der Waals surface area (Å²) in [6.07, 6.45) is 0. The molecule has 39 valence electrons. The van der Waals surface area contributed by atoms with Crippen LogP contribution in [0.4, 0.5) is 0 Å². The molecule has 1 radical (unpaired) electrons. The van der Waals surface area contributed by atoms with Crippen LogP contribution in [0.15, 0.2) is 0 Å². The molecule has 2 N–H and O–H groups in total. The number of aliphatic hydroxyl groups excluding tert-OH is 1. The number of carbonyl (C=O) groups excluding carboxylic acids is 1. The fraction of sp³-hybridized carbons (Fsp3) is 0.333. The lowest BCUT2D eigenvalue weighted by atomic mass is 10.4. The van der Waals surface area contributed by atoms with Gasteiger partial charge in [0.15, 0.2) is 0 Å². The molecule has 0 spiro atoms. The molecule has 0 atom stereocenters. The second kappa shape index (κ2) is 2.30. The number of hydrogen-bond acceptors (Lipinski definition) is 3. The molecule has 0 aliphatic carbocycles. The number of carbonyl (C=O) groups is 1. The average Bonchev–Trinajstić information content (AvgIpc) is 1.65. The van der Waals surface area contributed by atoms with Crippen molar-refractivity contribution in [1.29, 1.82) is 5.41 Å². The molecule has 7 heavy (non-hydrogen) atoms. The van der Waals surface area contributed by atoms with Crippen LogP contribution in [0.1, 0.15) is 0 Å². The van der Waals surface area contributed by atoms with Crippen LogP contribution in [0, 0.1) is 5.41 Å². The van der Waals surface area contributed by atoms with E-state index < -0.39 is 18.3 Å². The van der Waals surface area contributed by atoms with Gasteiger partial charge < -0.3 is 5.11 Å². The SMILES string of the molecule is N=C(CO)C([O])=O. The van der Waals surface area contributed by atoms with Crippen LogP contribution < -0.4 is 0 Å². The zero-order valence-corrected chi connectivity index (χ0v) is 3.47. The molecule has 0 bridgehead atoms. The van der Waals surface area contributed by atoms with Crippen molar-refractivity contribution in [2.24, 2.45) is 0 Å². The van der Waals surface area contributed by atoms with Crippen molar-refractivity contribution < 1.29 is 15.0 Å². The first-order valence-corrected chi connectivity index (χ1v) is 1.58. The highest BCUT2D eigenvalue weighted by atomic mass is 16.4. The van der Waals surface area contributed by atoms with Crippen LogP contribution in [-0.4, -0.2) is 23.4 Å². The van der Waals surface area contributed by atoms with Gasteiger partial charge in [0.1, 0.15) is 5.71 Å². The molecular weight excluding hydrogens is 98.0 g/mol. The third-order valence-corrected chi connectivity index (χ3v) is 0.405. The Labute approximate surface area is 39.9 Å². The summed E-state index contributed by atoms with van der Waals surface area (Å²) in [6.45, 7) is -0.762. The first-order chi connectivity index (χ1) is 3.18. The van der Waals surface area contributed by atoms with Crippen LogP contribution in [0.25, 0.3) is 0 Å². The van der Waals surface area contributed by atoms with Crippen molar-refractivity contribution in [3.8, 4) is 0 Å². The van der Waals surface area contributed by atoms with Gasteiger partial charge in [-0.2, -0.15) is 0 Å². The second-order valence-electron chi connectivity index (χ2n) is 0.924. The van der Waals surface area contributed by atoms with Gasteiger partial charge in [0.25, 0.3) is 0 Å². The monoisotopic (exact) mass is 102 g/mol. The topological polar surface area (TPSA) is 81.0 Å². The van der Waals surface area contributed by atoms with Crippen LogP contribution in [0.2, 0.25) is 0 Å². The first kappa shape index (κ1) is 6.10. The summed E-state index contributed by atoms with van der Waals surface area (Å²) in [5, 5.41) is 23.6. The molecule has 0 saturated heterocycles. The van der Waals surface area contributed by atoms with Gasteiger partial charge in [0.2, 0.25) is 0 Å². The molecule has 0 aromatic rings. The van der Waals surface area contributed by atoms with E-state index in [9.17, 15) is 9.90 Å². The largest absolute Gasteiger partial charge is 0.402 e. The Morgan fingerprint density at radius 3 is 2.14 bits per heavy atom. The molecule has 0 unspecified atom stereocenters. The van der Waals surface area contributed by atoms with Crippen LogP contribution in [0.5, 0.6) is 0 Å². The van der Waals surface area contributed by atoms with Gasteiger partial charge in [0, 0.05) is 0 Å². The van der Waals surface area contributed by atoms with Gasteiger partial charge in [-0.25, -0.2) is 9.90 Å². The van der Waals surface area contributed by atoms with E-state index in [1.54, 1.807) is 0 Å². The van der Waals surface area contributed by atoms with Gasteiger partial charge in [-0.3, -0.25) is 5.41 Å². The van der Waals surface area contributed by atoms with Crippen molar-refractivity contribution in [2.75, 3.05) is 6.61 Å². The van der Waals surface area contributed by atoms with Gasteiger partial charge >= 0.3 is 5.97 Å². The van der Waals surface area contributed by atoms with Gasteiger partial charge in [-0.1, -0.05) is 0 Å². The standard InChI is InChI=1S/C3H4NO3/c4-2(1-5)3(6)7/h4-5H,1H2. The average molecular weight is 102 g/mol. The summed E-state index contributed by atoms with van der Waals surface area (Å²) in [5.74, 6) is -1.62. The minimum absolute atomic E-state index is 0.762. The normalized spacial score (nSPS) is 8.14. The molecule has 0 aromatic heterocycles. The predicted molar refractivity (Wildman–Crippen MR) is 20.5 cm³/mol. The Hall–Kier alpha value is -0.900. The summed E-state index contributed by atoms with van der Waals surface area (Å²) >= 11 is 0. The van der Waals surface area contributed by atoms with E-state index in [0.29, 0.717) is 0 Å². The van der Waals surface area contributed by atoms with Crippen molar-refractivity contribution in [1.82, 2.24) is 0 Å². The maximum Gasteiger partial charge on any atom is 0.402 e. The zero-order chi connectivity index (χ0) is 5.86. The third-order valence-electron chi connectivity index (χ3n) is 0.405. The Bertz CT molecular complexity index is 98.4. The minimum Gasteiger partial charge on any atom is -0.390 e. The number of aliphatic hydroxyl groups is 1. The van der Waals surface area contributed by atoms with E-state index in [1.165, 1.54) is 0 Å². The van der Waals surface area contributed by atoms with E-state index in [0.717, 1.165) is 0 Å². The quantitative estimate of drug-likeness (QED) is 0.436. The van der Waals surface area contributed by atoms with Gasteiger partial charge in [-0.05, 0) is 0 Å². The maximum absolute atomic E-state index is 9.43. The van der Waals surface area contributed by atoms with Gasteiger partial charge in [0.05, 0.1) is 6.61 Å². The molecule has 4 nitrogen and oxygen atoms in total. The number of nitrogens with one attached hydrogen (secondary N) is 1. The molecule has 0 rings (SSSR count). The number of hydrogen-bond donors (Lipinski definition) is 2. The Balaban J connectivity index is 3.58. The maximum atomic E-state index is 9.43.